The molecule has 8 nitrogen and oxygen atoms in total. The first-order chi connectivity index (χ1) is 13.9. The fourth-order valence-electron chi connectivity index (χ4n) is 4.24. The average molecular weight is 401 g/mol. The van der Waals surface area contributed by atoms with Crippen molar-refractivity contribution in [3.8, 4) is 0 Å². The molecular weight excluding hydrogens is 374 g/mol. The molecule has 1 atom stereocenters. The molecule has 1 saturated carbocycles. The van der Waals surface area contributed by atoms with Crippen LogP contribution >= 0.6 is 0 Å². The molecule has 0 bridgehead atoms. The largest absolute Gasteiger partial charge is 0.467 e. The van der Waals surface area contributed by atoms with E-state index >= 15 is 0 Å². The summed E-state index contributed by atoms with van der Waals surface area (Å²) in [6.45, 7) is -0.411. The highest BCUT2D eigenvalue weighted by Crippen LogP contribution is 2.39. The van der Waals surface area contributed by atoms with Crippen LogP contribution in [-0.4, -0.2) is 65.9 Å². The van der Waals surface area contributed by atoms with Crippen LogP contribution in [0.15, 0.2) is 30.3 Å². The number of hydrogen-bond donors (Lipinski definition) is 1. The molecule has 1 aromatic carbocycles. The van der Waals surface area contributed by atoms with Crippen LogP contribution in [0.5, 0.6) is 0 Å². The Bertz CT molecular complexity index is 789. The fourth-order valence-corrected chi connectivity index (χ4v) is 4.24. The summed E-state index contributed by atoms with van der Waals surface area (Å²) in [5.74, 6) is -1.47. The molecule has 2 aliphatic rings. The third-order valence-corrected chi connectivity index (χ3v) is 5.89. The number of rotatable bonds is 6. The minimum absolute atomic E-state index is 0.255. The molecule has 1 aromatic rings. The number of ether oxygens (including phenoxy) is 1. The summed E-state index contributed by atoms with van der Waals surface area (Å²) in [4.78, 5) is 52.8. The Labute approximate surface area is 170 Å². The zero-order valence-electron chi connectivity index (χ0n) is 16.8. The Hall–Kier alpha value is -2.90. The zero-order valence-corrected chi connectivity index (χ0v) is 16.8. The second-order valence-electron chi connectivity index (χ2n) is 7.66. The molecule has 4 amide bonds. The molecule has 0 unspecified atom stereocenters. The van der Waals surface area contributed by atoms with Crippen molar-refractivity contribution in [1.82, 2.24) is 15.1 Å². The van der Waals surface area contributed by atoms with E-state index in [0.717, 1.165) is 29.7 Å². The molecule has 1 spiro atoms. The van der Waals surface area contributed by atoms with E-state index in [4.69, 9.17) is 4.74 Å². The van der Waals surface area contributed by atoms with Gasteiger partial charge in [0, 0.05) is 13.5 Å². The van der Waals surface area contributed by atoms with Crippen LogP contribution in [0.3, 0.4) is 0 Å². The number of methoxy groups -OCH3 is 1. The average Bonchev–Trinajstić information content (AvgIpc) is 2.90. The van der Waals surface area contributed by atoms with Crippen molar-refractivity contribution in [2.45, 2.75) is 50.1 Å². The number of urea groups is 1. The molecule has 1 N–H and O–H groups in total. The van der Waals surface area contributed by atoms with E-state index in [1.54, 1.807) is 7.05 Å². The van der Waals surface area contributed by atoms with E-state index in [2.05, 4.69) is 5.32 Å². The number of hydrogen-bond acceptors (Lipinski definition) is 5. The van der Waals surface area contributed by atoms with E-state index in [1.165, 1.54) is 12.0 Å². The maximum atomic E-state index is 13.0. The number of nitrogens with zero attached hydrogens (tertiary/aromatic N) is 2. The van der Waals surface area contributed by atoms with Crippen LogP contribution in [0.4, 0.5) is 4.79 Å². The second-order valence-corrected chi connectivity index (χ2v) is 7.66. The monoisotopic (exact) mass is 401 g/mol. The Morgan fingerprint density at radius 1 is 1.14 bits per heavy atom. The Morgan fingerprint density at radius 2 is 1.79 bits per heavy atom. The number of imide groups is 1. The maximum Gasteiger partial charge on any atom is 0.328 e. The highest BCUT2D eigenvalue weighted by atomic mass is 16.5. The van der Waals surface area contributed by atoms with Gasteiger partial charge in [0.2, 0.25) is 5.91 Å². The predicted molar refractivity (Wildman–Crippen MR) is 105 cm³/mol. The van der Waals surface area contributed by atoms with Gasteiger partial charge in [-0.15, -0.1) is 0 Å². The summed E-state index contributed by atoms with van der Waals surface area (Å²) in [5.41, 5.74) is 0.0268. The van der Waals surface area contributed by atoms with Crippen molar-refractivity contribution in [3.63, 3.8) is 0 Å². The minimum atomic E-state index is -0.899. The van der Waals surface area contributed by atoms with Gasteiger partial charge in [0.1, 0.15) is 18.1 Å². The molecule has 1 aliphatic heterocycles. The van der Waals surface area contributed by atoms with E-state index in [-0.39, 0.29) is 12.3 Å². The van der Waals surface area contributed by atoms with E-state index in [0.29, 0.717) is 12.8 Å². The Balaban J connectivity index is 1.68. The highest BCUT2D eigenvalue weighted by Gasteiger charge is 2.55. The minimum Gasteiger partial charge on any atom is -0.467 e. The van der Waals surface area contributed by atoms with Gasteiger partial charge in [-0.1, -0.05) is 49.6 Å². The third-order valence-electron chi connectivity index (χ3n) is 5.89. The smallest absolute Gasteiger partial charge is 0.328 e. The summed E-state index contributed by atoms with van der Waals surface area (Å²) < 4.78 is 4.80. The summed E-state index contributed by atoms with van der Waals surface area (Å²) in [6, 6.07) is 7.86. The Morgan fingerprint density at radius 3 is 2.41 bits per heavy atom. The number of likely N-dealkylation sites (N-methyl/N-ethyl adjacent to an activating group) is 1. The number of nitrogens with one attached hydrogen (secondary N) is 1. The first kappa shape index (κ1) is 20.8. The van der Waals surface area contributed by atoms with Crippen molar-refractivity contribution in [3.05, 3.63) is 35.9 Å². The molecule has 1 aliphatic carbocycles. The van der Waals surface area contributed by atoms with Crippen LogP contribution in [-0.2, 0) is 25.5 Å². The van der Waals surface area contributed by atoms with Crippen LogP contribution in [0.1, 0.15) is 37.7 Å². The lowest BCUT2D eigenvalue weighted by atomic mass is 9.81. The lowest BCUT2D eigenvalue weighted by molar-refractivity contribution is -0.145. The topological polar surface area (TPSA) is 96.0 Å². The van der Waals surface area contributed by atoms with Gasteiger partial charge in [0.15, 0.2) is 0 Å². The maximum absolute atomic E-state index is 13.0. The highest BCUT2D eigenvalue weighted by molar-refractivity contribution is 6.09. The molecule has 8 heteroatoms. The quantitative estimate of drug-likeness (QED) is 0.575. The van der Waals surface area contributed by atoms with Gasteiger partial charge in [-0.25, -0.2) is 9.59 Å². The molecule has 0 aromatic heterocycles. The van der Waals surface area contributed by atoms with Crippen LogP contribution in [0.25, 0.3) is 0 Å². The van der Waals surface area contributed by atoms with Gasteiger partial charge < -0.3 is 15.0 Å². The number of benzene rings is 1. The van der Waals surface area contributed by atoms with Crippen molar-refractivity contribution in [2.24, 2.45) is 0 Å². The molecule has 1 heterocycles. The molecule has 29 heavy (non-hydrogen) atoms. The fraction of sp³-hybridized carbons (Fsp3) is 0.524. The van der Waals surface area contributed by atoms with Crippen LogP contribution < -0.4 is 5.32 Å². The van der Waals surface area contributed by atoms with E-state index in [1.807, 2.05) is 30.3 Å². The number of esters is 1. The van der Waals surface area contributed by atoms with Crippen molar-refractivity contribution < 1.29 is 23.9 Å². The molecule has 1 saturated heterocycles. The molecular formula is C21H27N3O5. The van der Waals surface area contributed by atoms with Crippen LogP contribution in [0.2, 0.25) is 0 Å². The van der Waals surface area contributed by atoms with Crippen LogP contribution in [0, 0.1) is 0 Å². The van der Waals surface area contributed by atoms with Gasteiger partial charge >= 0.3 is 12.0 Å². The van der Waals surface area contributed by atoms with Gasteiger partial charge in [-0.2, -0.15) is 0 Å². The normalized spacial score (nSPS) is 19.4. The number of carbonyl (C=O) groups excluding carboxylic acids is 4. The van der Waals surface area contributed by atoms with Crippen molar-refractivity contribution >= 4 is 23.8 Å². The van der Waals surface area contributed by atoms with Gasteiger partial charge in [-0.05, 0) is 18.4 Å². The summed E-state index contributed by atoms with van der Waals surface area (Å²) in [7, 11) is 2.87. The van der Waals surface area contributed by atoms with E-state index in [9.17, 15) is 19.2 Å². The van der Waals surface area contributed by atoms with Gasteiger partial charge in [-0.3, -0.25) is 14.5 Å². The predicted octanol–water partition coefficient (Wildman–Crippen LogP) is 1.48. The van der Waals surface area contributed by atoms with Gasteiger partial charge in [0.25, 0.3) is 5.91 Å². The summed E-state index contributed by atoms with van der Waals surface area (Å²) >= 11 is 0. The molecule has 2 fully saturated rings. The molecule has 156 valence electrons. The van der Waals surface area contributed by atoms with E-state index < -0.39 is 36.0 Å². The number of amides is 4. The first-order valence-electron chi connectivity index (χ1n) is 9.90. The number of carbonyl (C=O) groups is 4. The lowest BCUT2D eigenvalue weighted by Gasteiger charge is -2.35. The standard InChI is InChI=1S/C21H27N3O5/c1-23-20(28)24(19(27)21(23)11-7-4-8-12-21)14-17(25)22-16(18(26)29-2)13-15-9-5-3-6-10-15/h3,5-6,9-10,16H,4,7-8,11-14H2,1-2H3,(H,22,25)/t16-/m1/s1. The van der Waals surface area contributed by atoms with Crippen molar-refractivity contribution in [2.75, 3.05) is 20.7 Å². The lowest BCUT2D eigenvalue weighted by Crippen LogP contribution is -2.50. The molecule has 3 rings (SSSR count). The SMILES string of the molecule is COC(=O)[C@@H](Cc1ccccc1)NC(=O)CN1C(=O)N(C)C2(CCCCC2)C1=O. The molecule has 0 radical (unpaired) electrons. The third kappa shape index (κ3) is 4.11. The zero-order chi connectivity index (χ0) is 21.0. The summed E-state index contributed by atoms with van der Waals surface area (Å²) in [5, 5.41) is 2.61. The second kappa shape index (κ2) is 8.63. The van der Waals surface area contributed by atoms with Crippen molar-refractivity contribution in [1.29, 1.82) is 0 Å². The van der Waals surface area contributed by atoms with Gasteiger partial charge in [0.05, 0.1) is 7.11 Å². The Kier molecular flexibility index (Phi) is 6.20. The first-order valence-corrected chi connectivity index (χ1v) is 9.90. The summed E-state index contributed by atoms with van der Waals surface area (Å²) in [6.07, 6.45) is 4.29.